The van der Waals surface area contributed by atoms with E-state index >= 15 is 0 Å². The summed E-state index contributed by atoms with van der Waals surface area (Å²) in [4.78, 5) is 7.77. The van der Waals surface area contributed by atoms with Gasteiger partial charge in [-0.1, -0.05) is 61.2 Å². The summed E-state index contributed by atoms with van der Waals surface area (Å²) in [5.74, 6) is 0.212. The van der Waals surface area contributed by atoms with Crippen LogP contribution in [-0.2, 0) is 0 Å². The summed E-state index contributed by atoms with van der Waals surface area (Å²) in [5.41, 5.74) is 8.95. The third kappa shape index (κ3) is 9.72. The second-order valence-electron chi connectivity index (χ2n) is 8.60. The van der Waals surface area contributed by atoms with Crippen LogP contribution in [0.15, 0.2) is 82.2 Å². The van der Waals surface area contributed by atoms with Gasteiger partial charge in [-0.25, -0.2) is 8.78 Å². The highest BCUT2D eigenvalue weighted by molar-refractivity contribution is 8.06. The van der Waals surface area contributed by atoms with Gasteiger partial charge in [-0.15, -0.1) is 6.58 Å². The van der Waals surface area contributed by atoms with Gasteiger partial charge in [0, 0.05) is 35.2 Å². The largest absolute Gasteiger partial charge is 0.327 e. The molecule has 0 spiro atoms. The van der Waals surface area contributed by atoms with Gasteiger partial charge < -0.3 is 16.0 Å². The number of thioether (sulfide) groups is 1. The van der Waals surface area contributed by atoms with Crippen LogP contribution in [0.25, 0.3) is 0 Å². The van der Waals surface area contributed by atoms with Crippen molar-refractivity contribution < 1.29 is 8.78 Å². The zero-order valence-electron chi connectivity index (χ0n) is 22.4. The summed E-state index contributed by atoms with van der Waals surface area (Å²) in [7, 11) is 0. The minimum absolute atomic E-state index is 0.0593. The number of fused-ring (bicyclic) bond motifs is 1. The number of hydrogen-bond donors (Lipinski definition) is 2. The molecule has 2 aliphatic rings. The molecule has 37 heavy (non-hydrogen) atoms. The molecule has 2 aliphatic heterocycles. The molecule has 8 heteroatoms. The summed E-state index contributed by atoms with van der Waals surface area (Å²) >= 11 is 7.37. The molecule has 1 aromatic rings. The Morgan fingerprint density at radius 2 is 1.97 bits per heavy atom. The van der Waals surface area contributed by atoms with Crippen LogP contribution < -0.4 is 5.73 Å². The number of alkyl halides is 1. The van der Waals surface area contributed by atoms with Crippen molar-refractivity contribution in [1.82, 2.24) is 4.90 Å². The van der Waals surface area contributed by atoms with E-state index in [1.54, 1.807) is 12.1 Å². The lowest BCUT2D eigenvalue weighted by molar-refractivity contribution is 0.391. The smallest absolute Gasteiger partial charge is 0.142 e. The van der Waals surface area contributed by atoms with E-state index in [2.05, 4.69) is 25.0 Å². The summed E-state index contributed by atoms with van der Waals surface area (Å²) < 4.78 is 25.2. The fraction of sp³-hybridized carbons (Fsp3) is 0.379. The summed E-state index contributed by atoms with van der Waals surface area (Å²) in [6, 6.07) is 4.08. The van der Waals surface area contributed by atoms with E-state index in [1.165, 1.54) is 37.7 Å². The zero-order valence-corrected chi connectivity index (χ0v) is 24.0. The maximum atomic E-state index is 14.2. The van der Waals surface area contributed by atoms with Crippen LogP contribution in [0.1, 0.15) is 59.1 Å². The van der Waals surface area contributed by atoms with Crippen LogP contribution in [0.3, 0.4) is 0 Å². The predicted molar refractivity (Wildman–Crippen MR) is 159 cm³/mol. The van der Waals surface area contributed by atoms with E-state index in [0.717, 1.165) is 22.6 Å². The molecular formula is C29H39ClF2N4S. The maximum absolute atomic E-state index is 14.2. The Morgan fingerprint density at radius 3 is 2.49 bits per heavy atom. The minimum atomic E-state index is -0.667. The fourth-order valence-corrected chi connectivity index (χ4v) is 4.25. The highest BCUT2D eigenvalue weighted by atomic mass is 35.5. The number of hydrogen-bond acceptors (Lipinski definition) is 5. The first kappa shape index (κ1) is 32.5. The minimum Gasteiger partial charge on any atom is -0.327 e. The molecule has 0 bridgehead atoms. The van der Waals surface area contributed by atoms with Crippen LogP contribution >= 0.6 is 23.4 Å². The second-order valence-corrected chi connectivity index (χ2v) is 10.0. The van der Waals surface area contributed by atoms with E-state index in [-0.39, 0.29) is 11.1 Å². The molecule has 4 nitrogen and oxygen atoms in total. The molecule has 2 unspecified atom stereocenters. The normalized spacial score (nSPS) is 18.8. The third-order valence-electron chi connectivity index (χ3n) is 5.06. The lowest BCUT2D eigenvalue weighted by atomic mass is 9.91. The average molecular weight is 549 g/mol. The number of aliphatic imine (C=N–C) groups is 1. The Labute approximate surface area is 230 Å². The van der Waals surface area contributed by atoms with Gasteiger partial charge in [-0.05, 0) is 63.3 Å². The summed E-state index contributed by atoms with van der Waals surface area (Å²) in [5, 5.41) is 10.6. The first-order valence-electron chi connectivity index (χ1n) is 12.2. The number of nitrogens with zero attached hydrogens (tertiary/aromatic N) is 2. The van der Waals surface area contributed by atoms with Gasteiger partial charge in [0.2, 0.25) is 0 Å². The number of halogens is 3. The number of allylic oxidation sites excluding steroid dienone is 4. The molecule has 0 aliphatic carbocycles. The molecule has 1 fully saturated rings. The molecule has 3 N–H and O–H groups in total. The Bertz CT molecular complexity index is 1070. The van der Waals surface area contributed by atoms with Gasteiger partial charge in [0.05, 0.1) is 16.9 Å². The number of benzene rings is 1. The molecule has 2 atom stereocenters. The SMILES string of the molecule is C=C(S/C=C\C)C1=NC(c2ccc(Cl)c(F)c2)C(C(=N)/C=C\C)=C2CC(N)CN12.C=CCC.CC(C)F. The number of amidine groups is 1. The highest BCUT2D eigenvalue weighted by Crippen LogP contribution is 2.41. The van der Waals surface area contributed by atoms with Crippen molar-refractivity contribution in [2.24, 2.45) is 10.7 Å². The standard InChI is InChI=1S/C22H24ClFN4S.C4H8.C3H7F/c1-4-6-18(26)20-19-11-15(25)12-28(19)22(13(3)29-9-5-2)27-21(20)14-7-8-16(23)17(24)10-14;1-3-4-2;1-3(2)4/h4-10,15,21,26H,3,11-12,25H2,1-2H3;3H,1,4H2,2H3;3H,1-2H3/b6-4-,9-5-,26-18?;;. The van der Waals surface area contributed by atoms with Crippen LogP contribution in [-0.4, -0.2) is 35.2 Å². The van der Waals surface area contributed by atoms with Crippen molar-refractivity contribution in [2.45, 2.75) is 65.7 Å². The van der Waals surface area contributed by atoms with Crippen molar-refractivity contribution in [3.63, 3.8) is 0 Å². The van der Waals surface area contributed by atoms with Gasteiger partial charge >= 0.3 is 0 Å². The van der Waals surface area contributed by atoms with E-state index in [9.17, 15) is 8.78 Å². The fourth-order valence-electron chi connectivity index (χ4n) is 3.56. The first-order chi connectivity index (χ1) is 17.5. The Kier molecular flexibility index (Phi) is 14.4. The van der Waals surface area contributed by atoms with Gasteiger partial charge in [0.25, 0.3) is 0 Å². The van der Waals surface area contributed by atoms with E-state index in [0.29, 0.717) is 30.1 Å². The first-order valence-corrected chi connectivity index (χ1v) is 13.5. The van der Waals surface area contributed by atoms with E-state index in [4.69, 9.17) is 27.7 Å². The molecular weight excluding hydrogens is 510 g/mol. The molecule has 3 rings (SSSR count). The van der Waals surface area contributed by atoms with Crippen molar-refractivity contribution in [2.75, 3.05) is 6.54 Å². The molecule has 0 radical (unpaired) electrons. The Morgan fingerprint density at radius 1 is 1.35 bits per heavy atom. The van der Waals surface area contributed by atoms with Crippen molar-refractivity contribution in [3.8, 4) is 0 Å². The second kappa shape index (κ2) is 16.4. The van der Waals surface area contributed by atoms with Crippen LogP contribution in [0.2, 0.25) is 5.02 Å². The molecule has 1 saturated heterocycles. The van der Waals surface area contributed by atoms with Crippen LogP contribution in [0.5, 0.6) is 0 Å². The maximum Gasteiger partial charge on any atom is 0.142 e. The number of rotatable bonds is 7. The topological polar surface area (TPSA) is 65.5 Å². The summed E-state index contributed by atoms with van der Waals surface area (Å²) in [6.07, 6.45) is 8.40. The lowest BCUT2D eigenvalue weighted by Crippen LogP contribution is -2.36. The van der Waals surface area contributed by atoms with Crippen LogP contribution in [0.4, 0.5) is 8.78 Å². The summed E-state index contributed by atoms with van der Waals surface area (Å²) in [6.45, 7) is 17.1. The van der Waals surface area contributed by atoms with Gasteiger partial charge in [0.15, 0.2) is 0 Å². The Balaban J connectivity index is 0.000000751. The van der Waals surface area contributed by atoms with Crippen molar-refractivity contribution >= 4 is 34.9 Å². The molecule has 202 valence electrons. The molecule has 0 amide bonds. The number of nitrogens with two attached hydrogens (primary N) is 1. The molecule has 0 saturated carbocycles. The van der Waals surface area contributed by atoms with Crippen molar-refractivity contribution in [1.29, 1.82) is 5.41 Å². The van der Waals surface area contributed by atoms with E-state index < -0.39 is 18.0 Å². The van der Waals surface area contributed by atoms with E-state index in [1.807, 2.05) is 37.5 Å². The predicted octanol–water partition coefficient (Wildman–Crippen LogP) is 8.54. The lowest BCUT2D eigenvalue weighted by Gasteiger charge is -2.33. The molecule has 2 heterocycles. The van der Waals surface area contributed by atoms with Gasteiger partial charge in [-0.2, -0.15) is 0 Å². The van der Waals surface area contributed by atoms with Gasteiger partial charge in [-0.3, -0.25) is 4.99 Å². The molecule has 0 aromatic heterocycles. The molecule has 1 aromatic carbocycles. The Hall–Kier alpha value is -2.48. The monoisotopic (exact) mass is 548 g/mol. The highest BCUT2D eigenvalue weighted by Gasteiger charge is 2.38. The number of nitrogens with one attached hydrogen (secondary N) is 1. The third-order valence-corrected chi connectivity index (χ3v) is 6.24. The zero-order chi connectivity index (χ0) is 28.1. The van der Waals surface area contributed by atoms with Crippen molar-refractivity contribution in [3.05, 3.63) is 93.6 Å². The van der Waals surface area contributed by atoms with Crippen LogP contribution in [0, 0.1) is 11.2 Å². The average Bonchev–Trinajstić information content (AvgIpc) is 3.24. The van der Waals surface area contributed by atoms with Gasteiger partial charge in [0.1, 0.15) is 17.7 Å². The quantitative estimate of drug-likeness (QED) is 0.265.